The average Bonchev–Trinajstić information content (AvgIpc) is 3.12. The minimum Gasteiger partial charge on any atom is -0.299 e. The van der Waals surface area contributed by atoms with Crippen LogP contribution in [0, 0.1) is 34.5 Å². The van der Waals surface area contributed by atoms with Crippen molar-refractivity contribution < 1.29 is 9.59 Å². The Bertz CT molecular complexity index is 723. The van der Waals surface area contributed by atoms with Crippen LogP contribution < -0.4 is 0 Å². The van der Waals surface area contributed by atoms with E-state index in [0.717, 1.165) is 50.8 Å². The SMILES string of the molecule is C[C@@H]1CN2C[C@H]3CCC4=C5[C@@H](CC[C@]56C(=O)[C@@H]1C[C@@H]2[C@@]36C)CC4=O. The van der Waals surface area contributed by atoms with Crippen LogP contribution in [0.25, 0.3) is 0 Å². The van der Waals surface area contributed by atoms with Crippen LogP contribution in [-0.2, 0) is 9.59 Å². The molecule has 2 bridgehead atoms. The van der Waals surface area contributed by atoms with Gasteiger partial charge in [0.1, 0.15) is 5.78 Å². The van der Waals surface area contributed by atoms with Gasteiger partial charge in [-0.25, -0.2) is 0 Å². The third-order valence-electron chi connectivity index (χ3n) is 9.37. The number of carbonyl (C=O) groups is 2. The summed E-state index contributed by atoms with van der Waals surface area (Å²) in [6.45, 7) is 7.01. The molecule has 0 N–H and O–H groups in total. The first-order valence-electron chi connectivity index (χ1n) is 10.0. The Labute approximate surface area is 143 Å². The maximum atomic E-state index is 14.0. The van der Waals surface area contributed by atoms with Gasteiger partial charge in [0.2, 0.25) is 0 Å². The number of allylic oxidation sites excluding steroid dienone is 2. The van der Waals surface area contributed by atoms with E-state index < -0.39 is 0 Å². The Morgan fingerprint density at radius 2 is 2.00 bits per heavy atom. The van der Waals surface area contributed by atoms with Crippen LogP contribution in [0.5, 0.6) is 0 Å². The fourth-order valence-corrected chi connectivity index (χ4v) is 8.42. The van der Waals surface area contributed by atoms with Gasteiger partial charge in [-0.3, -0.25) is 14.5 Å². The standard InChI is InChI=1S/C21H27NO2/c1-11-9-22-10-13-3-4-14-16(23)7-12-5-6-21(18(12)14)19(24)15(11)8-17(22)20(13,21)2/h11-13,15,17H,3-10H2,1-2H3/t11-,12+,13-,15-,17-,20-,21-/m1/s1. The lowest BCUT2D eigenvalue weighted by Gasteiger charge is -2.59. The molecule has 2 saturated heterocycles. The fraction of sp³-hybridized carbons (Fsp3) is 0.810. The summed E-state index contributed by atoms with van der Waals surface area (Å²) >= 11 is 0. The van der Waals surface area contributed by atoms with Crippen LogP contribution in [0.15, 0.2) is 11.1 Å². The first kappa shape index (κ1) is 14.2. The van der Waals surface area contributed by atoms with Gasteiger partial charge in [0.05, 0.1) is 5.41 Å². The van der Waals surface area contributed by atoms with E-state index in [-0.39, 0.29) is 16.7 Å². The van der Waals surface area contributed by atoms with Gasteiger partial charge in [0.15, 0.2) is 5.78 Å². The number of fused-ring (bicyclic) bond motifs is 1. The average molecular weight is 325 g/mol. The first-order valence-corrected chi connectivity index (χ1v) is 10.0. The minimum atomic E-state index is -0.280. The lowest BCUT2D eigenvalue weighted by molar-refractivity contribution is -0.156. The maximum absolute atomic E-state index is 14.0. The molecule has 3 nitrogen and oxygen atoms in total. The zero-order valence-electron chi connectivity index (χ0n) is 14.8. The van der Waals surface area contributed by atoms with Crippen molar-refractivity contribution in [3.8, 4) is 0 Å². The Morgan fingerprint density at radius 3 is 2.83 bits per heavy atom. The first-order chi connectivity index (χ1) is 11.5. The van der Waals surface area contributed by atoms with Crippen molar-refractivity contribution in [2.75, 3.05) is 13.1 Å². The molecule has 3 heteroatoms. The third kappa shape index (κ3) is 1.23. The van der Waals surface area contributed by atoms with E-state index in [2.05, 4.69) is 18.7 Å². The molecule has 7 atom stereocenters. The Balaban J connectivity index is 1.67. The van der Waals surface area contributed by atoms with E-state index in [1.165, 1.54) is 5.57 Å². The predicted molar refractivity (Wildman–Crippen MR) is 90.3 cm³/mol. The largest absolute Gasteiger partial charge is 0.299 e. The molecule has 6 rings (SSSR count). The number of Topliss-reactive ketones (excluding diaryl/α,β-unsaturated/α-hetero) is 2. The number of hydrogen-bond acceptors (Lipinski definition) is 3. The lowest BCUT2D eigenvalue weighted by atomic mass is 9.45. The molecule has 0 radical (unpaired) electrons. The van der Waals surface area contributed by atoms with Crippen LogP contribution in [0.4, 0.5) is 0 Å². The summed E-state index contributed by atoms with van der Waals surface area (Å²) in [4.78, 5) is 29.4. The predicted octanol–water partition coefficient (Wildman–Crippen LogP) is 2.99. The van der Waals surface area contributed by atoms with Gasteiger partial charge >= 0.3 is 0 Å². The minimum absolute atomic E-state index is 0.0805. The smallest absolute Gasteiger partial charge is 0.159 e. The summed E-state index contributed by atoms with van der Waals surface area (Å²) in [6, 6.07) is 0.572. The zero-order valence-corrected chi connectivity index (χ0v) is 14.8. The highest BCUT2D eigenvalue weighted by Gasteiger charge is 2.74. The molecule has 0 aromatic rings. The van der Waals surface area contributed by atoms with Crippen molar-refractivity contribution in [1.82, 2.24) is 4.90 Å². The molecule has 0 aromatic heterocycles. The highest BCUT2D eigenvalue weighted by atomic mass is 16.1. The molecule has 2 saturated carbocycles. The van der Waals surface area contributed by atoms with E-state index >= 15 is 0 Å². The number of rotatable bonds is 0. The van der Waals surface area contributed by atoms with E-state index in [1.807, 2.05) is 0 Å². The molecular formula is C21H27NO2. The summed E-state index contributed by atoms with van der Waals surface area (Å²) < 4.78 is 0. The van der Waals surface area contributed by atoms with Crippen molar-refractivity contribution in [2.45, 2.75) is 58.4 Å². The second-order valence-corrected chi connectivity index (χ2v) is 9.83. The van der Waals surface area contributed by atoms with E-state index in [1.54, 1.807) is 0 Å². The van der Waals surface area contributed by atoms with Gasteiger partial charge in [-0.05, 0) is 61.0 Å². The van der Waals surface area contributed by atoms with Crippen molar-refractivity contribution in [1.29, 1.82) is 0 Å². The van der Waals surface area contributed by atoms with Crippen LogP contribution in [0.1, 0.15) is 52.4 Å². The molecule has 0 aromatic carbocycles. The monoisotopic (exact) mass is 325 g/mol. The zero-order chi connectivity index (χ0) is 16.4. The molecule has 2 heterocycles. The second kappa shape index (κ2) is 4.06. The summed E-state index contributed by atoms with van der Waals surface area (Å²) in [6.07, 6.45) is 5.95. The summed E-state index contributed by atoms with van der Waals surface area (Å²) in [7, 11) is 0. The Morgan fingerprint density at radius 1 is 1.17 bits per heavy atom. The number of carbonyl (C=O) groups excluding carboxylic acids is 2. The lowest BCUT2D eigenvalue weighted by Crippen LogP contribution is -2.64. The van der Waals surface area contributed by atoms with Gasteiger partial charge in [0.25, 0.3) is 0 Å². The number of piperidine rings is 1. The molecule has 0 amide bonds. The maximum Gasteiger partial charge on any atom is 0.159 e. The fourth-order valence-electron chi connectivity index (χ4n) is 8.42. The number of hydrogen-bond donors (Lipinski definition) is 0. The van der Waals surface area contributed by atoms with Gasteiger partial charge in [-0.15, -0.1) is 0 Å². The Hall–Kier alpha value is -0.960. The highest BCUT2D eigenvalue weighted by Crippen LogP contribution is 2.73. The van der Waals surface area contributed by atoms with Gasteiger partial charge < -0.3 is 0 Å². The third-order valence-corrected chi connectivity index (χ3v) is 9.37. The van der Waals surface area contributed by atoms with E-state index in [4.69, 9.17) is 0 Å². The topological polar surface area (TPSA) is 37.4 Å². The van der Waals surface area contributed by atoms with E-state index in [9.17, 15) is 9.59 Å². The molecule has 4 fully saturated rings. The molecule has 24 heavy (non-hydrogen) atoms. The normalized spacial score (nSPS) is 55.2. The van der Waals surface area contributed by atoms with Gasteiger partial charge in [-0.1, -0.05) is 13.8 Å². The number of nitrogens with zero attached hydrogens (tertiary/aromatic N) is 1. The molecule has 2 aliphatic heterocycles. The summed E-state index contributed by atoms with van der Waals surface area (Å²) in [5.74, 6) is 2.64. The second-order valence-electron chi connectivity index (χ2n) is 9.83. The van der Waals surface area contributed by atoms with Crippen molar-refractivity contribution >= 4 is 11.6 Å². The molecule has 6 aliphatic rings. The molecule has 1 spiro atoms. The quantitative estimate of drug-likeness (QED) is 0.687. The summed E-state index contributed by atoms with van der Waals surface area (Å²) in [5.41, 5.74) is 2.28. The number of ketones is 2. The van der Waals surface area contributed by atoms with Crippen LogP contribution in [0.3, 0.4) is 0 Å². The van der Waals surface area contributed by atoms with Gasteiger partial charge in [0, 0.05) is 36.9 Å². The molecule has 128 valence electrons. The van der Waals surface area contributed by atoms with Gasteiger partial charge in [-0.2, -0.15) is 0 Å². The van der Waals surface area contributed by atoms with Crippen LogP contribution in [0.2, 0.25) is 0 Å². The molecule has 0 unspecified atom stereocenters. The highest BCUT2D eigenvalue weighted by molar-refractivity contribution is 6.04. The Kier molecular flexibility index (Phi) is 2.41. The van der Waals surface area contributed by atoms with Crippen molar-refractivity contribution in [3.63, 3.8) is 0 Å². The van der Waals surface area contributed by atoms with Crippen LogP contribution in [-0.4, -0.2) is 35.6 Å². The van der Waals surface area contributed by atoms with E-state index in [0.29, 0.717) is 41.8 Å². The summed E-state index contributed by atoms with van der Waals surface area (Å²) in [5, 5.41) is 0. The molecule has 4 aliphatic carbocycles. The molecular weight excluding hydrogens is 298 g/mol. The van der Waals surface area contributed by atoms with Crippen LogP contribution >= 0.6 is 0 Å². The van der Waals surface area contributed by atoms with Crippen molar-refractivity contribution in [2.24, 2.45) is 34.5 Å². The van der Waals surface area contributed by atoms with Crippen molar-refractivity contribution in [3.05, 3.63) is 11.1 Å².